The molecule has 0 N–H and O–H groups in total. The Morgan fingerprint density at radius 2 is 2.00 bits per heavy atom. The summed E-state index contributed by atoms with van der Waals surface area (Å²) in [5.41, 5.74) is 1.19. The van der Waals surface area contributed by atoms with Crippen LogP contribution >= 0.6 is 0 Å². The molecule has 1 nitrogen and oxygen atoms in total. The molecule has 1 atom stereocenters. The molecule has 0 amide bonds. The first-order valence-corrected chi connectivity index (χ1v) is 3.76. The molecule has 0 aliphatic carbocycles. The predicted octanol–water partition coefficient (Wildman–Crippen LogP) is 2.57. The molecule has 0 rings (SSSR count). The SMILES string of the molecule is CCC(C)C(C)=CC(C)=O. The molecular formula is C9H16O. The van der Waals surface area contributed by atoms with Gasteiger partial charge in [-0.2, -0.15) is 0 Å². The first kappa shape index (κ1) is 9.41. The maximum Gasteiger partial charge on any atom is 0.152 e. The molecule has 58 valence electrons. The maximum absolute atomic E-state index is 10.6. The van der Waals surface area contributed by atoms with E-state index in [1.807, 2.05) is 6.92 Å². The van der Waals surface area contributed by atoms with Crippen LogP contribution in [0.3, 0.4) is 0 Å². The highest BCUT2D eigenvalue weighted by molar-refractivity contribution is 5.87. The highest BCUT2D eigenvalue weighted by atomic mass is 16.1. The van der Waals surface area contributed by atoms with Crippen LogP contribution in [0, 0.1) is 5.92 Å². The monoisotopic (exact) mass is 140 g/mol. The fourth-order valence-corrected chi connectivity index (χ4v) is 0.785. The van der Waals surface area contributed by atoms with Crippen LogP contribution < -0.4 is 0 Å². The predicted molar refractivity (Wildman–Crippen MR) is 43.9 cm³/mol. The number of carbonyl (C=O) groups excluding carboxylic acids is 1. The lowest BCUT2D eigenvalue weighted by Gasteiger charge is -2.06. The van der Waals surface area contributed by atoms with Crippen molar-refractivity contribution in [3.63, 3.8) is 0 Å². The van der Waals surface area contributed by atoms with Crippen molar-refractivity contribution in [1.82, 2.24) is 0 Å². The number of hydrogen-bond donors (Lipinski definition) is 0. The zero-order valence-electron chi connectivity index (χ0n) is 7.27. The third-order valence-electron chi connectivity index (χ3n) is 1.82. The highest BCUT2D eigenvalue weighted by Crippen LogP contribution is 2.12. The first-order valence-electron chi connectivity index (χ1n) is 3.76. The molecule has 1 heteroatoms. The quantitative estimate of drug-likeness (QED) is 0.551. The van der Waals surface area contributed by atoms with Gasteiger partial charge in [0, 0.05) is 0 Å². The molecule has 0 bridgehead atoms. The van der Waals surface area contributed by atoms with Crippen LogP contribution in [0.15, 0.2) is 11.6 Å². The van der Waals surface area contributed by atoms with Crippen molar-refractivity contribution in [2.45, 2.75) is 34.1 Å². The summed E-state index contributed by atoms with van der Waals surface area (Å²) in [6.07, 6.45) is 2.82. The van der Waals surface area contributed by atoms with Crippen molar-refractivity contribution in [3.8, 4) is 0 Å². The third-order valence-corrected chi connectivity index (χ3v) is 1.82. The van der Waals surface area contributed by atoms with Crippen LogP contribution in [0.1, 0.15) is 34.1 Å². The van der Waals surface area contributed by atoms with Crippen LogP contribution in [0.5, 0.6) is 0 Å². The first-order chi connectivity index (χ1) is 4.57. The van der Waals surface area contributed by atoms with Crippen molar-refractivity contribution in [3.05, 3.63) is 11.6 Å². The standard InChI is InChI=1S/C9H16O/c1-5-7(2)8(3)6-9(4)10/h6-7H,5H2,1-4H3. The van der Waals surface area contributed by atoms with Crippen molar-refractivity contribution in [2.75, 3.05) is 0 Å². The minimum Gasteiger partial charge on any atom is -0.295 e. The average Bonchev–Trinajstić information content (AvgIpc) is 1.85. The number of ketones is 1. The summed E-state index contributed by atoms with van der Waals surface area (Å²) in [7, 11) is 0. The van der Waals surface area contributed by atoms with Gasteiger partial charge in [0.2, 0.25) is 0 Å². The number of hydrogen-bond acceptors (Lipinski definition) is 1. The molecule has 0 radical (unpaired) electrons. The molecule has 0 spiro atoms. The van der Waals surface area contributed by atoms with E-state index in [0.717, 1.165) is 6.42 Å². The second kappa shape index (κ2) is 4.26. The molecular weight excluding hydrogens is 124 g/mol. The van der Waals surface area contributed by atoms with Crippen LogP contribution in [0.2, 0.25) is 0 Å². The van der Waals surface area contributed by atoms with Crippen molar-refractivity contribution in [2.24, 2.45) is 5.92 Å². The molecule has 0 aromatic rings. The van der Waals surface area contributed by atoms with Gasteiger partial charge >= 0.3 is 0 Å². The molecule has 0 aliphatic rings. The number of carbonyl (C=O) groups is 1. The largest absolute Gasteiger partial charge is 0.295 e. The van der Waals surface area contributed by atoms with E-state index in [9.17, 15) is 4.79 Å². The number of allylic oxidation sites excluding steroid dienone is 2. The summed E-state index contributed by atoms with van der Waals surface area (Å²) in [5, 5.41) is 0. The lowest BCUT2D eigenvalue weighted by Crippen LogP contribution is -1.96. The Balaban J connectivity index is 4.04. The van der Waals surface area contributed by atoms with Crippen LogP contribution in [-0.2, 0) is 4.79 Å². The van der Waals surface area contributed by atoms with Gasteiger partial charge in [-0.25, -0.2) is 0 Å². The molecule has 10 heavy (non-hydrogen) atoms. The molecule has 0 fully saturated rings. The summed E-state index contributed by atoms with van der Waals surface area (Å²) in [6.45, 7) is 7.86. The Kier molecular flexibility index (Phi) is 4.01. The molecule has 0 aliphatic heterocycles. The van der Waals surface area contributed by atoms with Gasteiger partial charge in [-0.1, -0.05) is 19.4 Å². The minimum atomic E-state index is 0.151. The summed E-state index contributed by atoms with van der Waals surface area (Å²) in [4.78, 5) is 10.6. The van der Waals surface area contributed by atoms with Gasteiger partial charge in [0.1, 0.15) is 0 Å². The summed E-state index contributed by atoms with van der Waals surface area (Å²) >= 11 is 0. The maximum atomic E-state index is 10.6. The van der Waals surface area contributed by atoms with E-state index in [2.05, 4.69) is 13.8 Å². The van der Waals surface area contributed by atoms with E-state index < -0.39 is 0 Å². The van der Waals surface area contributed by atoms with Crippen LogP contribution in [0.4, 0.5) is 0 Å². The van der Waals surface area contributed by atoms with Crippen molar-refractivity contribution in [1.29, 1.82) is 0 Å². The normalized spacial score (nSPS) is 15.0. The Labute approximate surface area is 63.1 Å². The van der Waals surface area contributed by atoms with E-state index in [4.69, 9.17) is 0 Å². The van der Waals surface area contributed by atoms with Gasteiger partial charge in [0.15, 0.2) is 5.78 Å². The lowest BCUT2D eigenvalue weighted by molar-refractivity contribution is -0.112. The molecule has 0 heterocycles. The van der Waals surface area contributed by atoms with E-state index in [1.54, 1.807) is 13.0 Å². The van der Waals surface area contributed by atoms with Crippen molar-refractivity contribution < 1.29 is 4.79 Å². The fourth-order valence-electron chi connectivity index (χ4n) is 0.785. The van der Waals surface area contributed by atoms with E-state index in [-0.39, 0.29) is 5.78 Å². The van der Waals surface area contributed by atoms with Gasteiger partial charge in [-0.15, -0.1) is 0 Å². The van der Waals surface area contributed by atoms with Gasteiger partial charge in [0.25, 0.3) is 0 Å². The third kappa shape index (κ3) is 3.44. The zero-order valence-corrected chi connectivity index (χ0v) is 7.27. The molecule has 1 unspecified atom stereocenters. The topological polar surface area (TPSA) is 17.1 Å². The van der Waals surface area contributed by atoms with Crippen LogP contribution in [0.25, 0.3) is 0 Å². The van der Waals surface area contributed by atoms with Gasteiger partial charge in [0.05, 0.1) is 0 Å². The van der Waals surface area contributed by atoms with E-state index in [0.29, 0.717) is 5.92 Å². The Bertz CT molecular complexity index is 145. The van der Waals surface area contributed by atoms with Gasteiger partial charge < -0.3 is 0 Å². The number of rotatable bonds is 3. The molecule has 0 aromatic carbocycles. The van der Waals surface area contributed by atoms with Crippen molar-refractivity contribution >= 4 is 5.78 Å². The molecule has 0 aromatic heterocycles. The second-order valence-corrected chi connectivity index (χ2v) is 2.81. The summed E-state index contributed by atoms with van der Waals surface area (Å²) in [6, 6.07) is 0. The Hall–Kier alpha value is -0.590. The Morgan fingerprint density at radius 1 is 1.50 bits per heavy atom. The molecule has 0 saturated heterocycles. The van der Waals surface area contributed by atoms with Gasteiger partial charge in [-0.05, 0) is 32.3 Å². The lowest BCUT2D eigenvalue weighted by atomic mass is 9.99. The summed E-state index contributed by atoms with van der Waals surface area (Å²) in [5.74, 6) is 0.696. The zero-order chi connectivity index (χ0) is 8.15. The average molecular weight is 140 g/mol. The Morgan fingerprint density at radius 3 is 2.30 bits per heavy atom. The van der Waals surface area contributed by atoms with E-state index in [1.165, 1.54) is 5.57 Å². The second-order valence-electron chi connectivity index (χ2n) is 2.81. The smallest absolute Gasteiger partial charge is 0.152 e. The van der Waals surface area contributed by atoms with Crippen LogP contribution in [-0.4, -0.2) is 5.78 Å². The highest BCUT2D eigenvalue weighted by Gasteiger charge is 2.00. The molecule has 0 saturated carbocycles. The minimum absolute atomic E-state index is 0.151. The fraction of sp³-hybridized carbons (Fsp3) is 0.667. The van der Waals surface area contributed by atoms with Gasteiger partial charge in [-0.3, -0.25) is 4.79 Å². The van der Waals surface area contributed by atoms with E-state index >= 15 is 0 Å². The summed E-state index contributed by atoms with van der Waals surface area (Å²) < 4.78 is 0.